The van der Waals surface area contributed by atoms with Crippen LogP contribution in [-0.2, 0) is 6.42 Å². The molecule has 0 bridgehead atoms. The van der Waals surface area contributed by atoms with Gasteiger partial charge in [0, 0.05) is 0 Å². The van der Waals surface area contributed by atoms with Gasteiger partial charge in [-0.2, -0.15) is 0 Å². The van der Waals surface area contributed by atoms with Gasteiger partial charge in [-0.05, 0) is 33.9 Å². The van der Waals surface area contributed by atoms with Gasteiger partial charge < -0.3 is 0 Å². The average Bonchev–Trinajstić information content (AvgIpc) is 2.48. The molecule has 0 amide bonds. The predicted octanol–water partition coefficient (Wildman–Crippen LogP) is 5.10. The number of benzene rings is 3. The van der Waals surface area contributed by atoms with Crippen LogP contribution >= 0.6 is 0 Å². The Balaban J connectivity index is 1.96. The minimum atomic E-state index is 0.894. The summed E-state index contributed by atoms with van der Waals surface area (Å²) in [6.07, 6.45) is 0.894. The Hall–Kier alpha value is -2.34. The van der Waals surface area contributed by atoms with Gasteiger partial charge in [0.25, 0.3) is 0 Å². The molecule has 19 heavy (non-hydrogen) atoms. The molecular weight excluding hydrogens is 228 g/mol. The highest BCUT2D eigenvalue weighted by Crippen LogP contribution is 2.24. The zero-order valence-corrected chi connectivity index (χ0v) is 10.8. The minimum absolute atomic E-state index is 0.894. The SMILES string of the molecule is C=C(Cc1cccc2ccccc12)c1ccccc1. The second kappa shape index (κ2) is 5.11. The van der Waals surface area contributed by atoms with Gasteiger partial charge in [-0.25, -0.2) is 0 Å². The average molecular weight is 244 g/mol. The predicted molar refractivity (Wildman–Crippen MR) is 83.1 cm³/mol. The standard InChI is InChI=1S/C19H16/c1-15(16-8-3-2-4-9-16)14-18-12-7-11-17-10-5-6-13-19(17)18/h2-13H,1,14H2. The molecule has 0 heterocycles. The molecule has 0 fully saturated rings. The molecule has 0 heteroatoms. The Bertz CT molecular complexity index is 703. The van der Waals surface area contributed by atoms with Crippen molar-refractivity contribution in [3.8, 4) is 0 Å². The molecule has 92 valence electrons. The van der Waals surface area contributed by atoms with Crippen LogP contribution in [0.25, 0.3) is 16.3 Å². The third-order valence-electron chi connectivity index (χ3n) is 3.47. The molecule has 0 spiro atoms. The second-order valence-electron chi connectivity index (χ2n) is 4.78. The fourth-order valence-electron chi connectivity index (χ4n) is 2.45. The highest BCUT2D eigenvalue weighted by atomic mass is 14.1. The van der Waals surface area contributed by atoms with E-state index >= 15 is 0 Å². The first-order chi connectivity index (χ1) is 9.34. The van der Waals surface area contributed by atoms with Crippen molar-refractivity contribution in [2.45, 2.75) is 6.42 Å². The molecular formula is C19H16. The maximum absolute atomic E-state index is 4.23. The van der Waals surface area contributed by atoms with Gasteiger partial charge >= 0.3 is 0 Å². The Labute approximate surface area is 114 Å². The zero-order chi connectivity index (χ0) is 13.1. The van der Waals surface area contributed by atoms with Crippen LogP contribution in [-0.4, -0.2) is 0 Å². The van der Waals surface area contributed by atoms with Crippen LogP contribution in [0.3, 0.4) is 0 Å². The van der Waals surface area contributed by atoms with E-state index in [9.17, 15) is 0 Å². The smallest absolute Gasteiger partial charge is 0.00196 e. The summed E-state index contributed by atoms with van der Waals surface area (Å²) in [5.41, 5.74) is 3.72. The number of hydrogen-bond donors (Lipinski definition) is 0. The number of hydrogen-bond acceptors (Lipinski definition) is 0. The lowest BCUT2D eigenvalue weighted by Gasteiger charge is -2.09. The summed E-state index contributed by atoms with van der Waals surface area (Å²) >= 11 is 0. The van der Waals surface area contributed by atoms with Crippen LogP contribution < -0.4 is 0 Å². The Morgan fingerprint density at radius 1 is 0.737 bits per heavy atom. The van der Waals surface area contributed by atoms with Crippen molar-refractivity contribution in [1.29, 1.82) is 0 Å². The van der Waals surface area contributed by atoms with Crippen LogP contribution in [0.5, 0.6) is 0 Å². The number of fused-ring (bicyclic) bond motifs is 1. The first kappa shape index (κ1) is 11.7. The molecule has 3 aromatic carbocycles. The Kier molecular flexibility index (Phi) is 3.16. The largest absolute Gasteiger partial charge is 0.0949 e. The van der Waals surface area contributed by atoms with Crippen molar-refractivity contribution in [1.82, 2.24) is 0 Å². The molecule has 0 saturated carbocycles. The summed E-state index contributed by atoms with van der Waals surface area (Å²) in [4.78, 5) is 0. The fourth-order valence-corrected chi connectivity index (χ4v) is 2.45. The lowest BCUT2D eigenvalue weighted by atomic mass is 9.96. The van der Waals surface area contributed by atoms with Crippen LogP contribution in [0.2, 0.25) is 0 Å². The summed E-state index contributed by atoms with van der Waals surface area (Å²) < 4.78 is 0. The van der Waals surface area contributed by atoms with Crippen molar-refractivity contribution in [2.75, 3.05) is 0 Å². The van der Waals surface area contributed by atoms with E-state index in [1.807, 2.05) is 6.07 Å². The number of rotatable bonds is 3. The summed E-state index contributed by atoms with van der Waals surface area (Å²) in [5.74, 6) is 0. The van der Waals surface area contributed by atoms with Gasteiger partial charge in [0.2, 0.25) is 0 Å². The molecule has 0 unspecified atom stereocenters. The van der Waals surface area contributed by atoms with Gasteiger partial charge in [-0.15, -0.1) is 0 Å². The van der Waals surface area contributed by atoms with Crippen molar-refractivity contribution in [2.24, 2.45) is 0 Å². The zero-order valence-electron chi connectivity index (χ0n) is 10.8. The molecule has 3 rings (SSSR count). The van der Waals surface area contributed by atoms with Crippen molar-refractivity contribution < 1.29 is 0 Å². The van der Waals surface area contributed by atoms with E-state index in [0.717, 1.165) is 12.0 Å². The highest BCUT2D eigenvalue weighted by Gasteiger charge is 2.04. The van der Waals surface area contributed by atoms with Crippen molar-refractivity contribution in [3.05, 3.63) is 90.5 Å². The van der Waals surface area contributed by atoms with Crippen LogP contribution in [0.15, 0.2) is 79.4 Å². The van der Waals surface area contributed by atoms with Gasteiger partial charge in [-0.3, -0.25) is 0 Å². The van der Waals surface area contributed by atoms with E-state index < -0.39 is 0 Å². The maximum atomic E-state index is 4.23. The first-order valence-electron chi connectivity index (χ1n) is 6.54. The summed E-state index contributed by atoms with van der Waals surface area (Å²) in [6, 6.07) is 25.4. The van der Waals surface area contributed by atoms with Crippen LogP contribution in [0.4, 0.5) is 0 Å². The van der Waals surface area contributed by atoms with Gasteiger partial charge in [0.1, 0.15) is 0 Å². The van der Waals surface area contributed by atoms with E-state index in [2.05, 4.69) is 73.3 Å². The van der Waals surface area contributed by atoms with E-state index in [1.165, 1.54) is 21.9 Å². The van der Waals surface area contributed by atoms with E-state index in [-0.39, 0.29) is 0 Å². The molecule has 0 radical (unpaired) electrons. The van der Waals surface area contributed by atoms with E-state index in [1.54, 1.807) is 0 Å². The van der Waals surface area contributed by atoms with Gasteiger partial charge in [-0.1, -0.05) is 79.4 Å². The first-order valence-corrected chi connectivity index (χ1v) is 6.54. The Morgan fingerprint density at radius 3 is 2.26 bits per heavy atom. The fraction of sp³-hybridized carbons (Fsp3) is 0.0526. The lowest BCUT2D eigenvalue weighted by molar-refractivity contribution is 1.31. The summed E-state index contributed by atoms with van der Waals surface area (Å²) in [6.45, 7) is 4.23. The van der Waals surface area contributed by atoms with Crippen LogP contribution in [0.1, 0.15) is 11.1 Å². The van der Waals surface area contributed by atoms with Crippen LogP contribution in [0, 0.1) is 0 Å². The second-order valence-corrected chi connectivity index (χ2v) is 4.78. The molecule has 0 saturated heterocycles. The minimum Gasteiger partial charge on any atom is -0.0949 e. The summed E-state index contributed by atoms with van der Waals surface area (Å²) in [5, 5.41) is 2.61. The molecule has 0 aromatic heterocycles. The maximum Gasteiger partial charge on any atom is -0.00196 e. The topological polar surface area (TPSA) is 0 Å². The van der Waals surface area contributed by atoms with Gasteiger partial charge in [0.15, 0.2) is 0 Å². The molecule has 0 aliphatic heterocycles. The Morgan fingerprint density at radius 2 is 1.42 bits per heavy atom. The van der Waals surface area contributed by atoms with Crippen molar-refractivity contribution in [3.63, 3.8) is 0 Å². The quantitative estimate of drug-likeness (QED) is 0.601. The number of allylic oxidation sites excluding steroid dienone is 1. The molecule has 0 atom stereocenters. The highest BCUT2D eigenvalue weighted by molar-refractivity contribution is 5.87. The molecule has 0 nitrogen and oxygen atoms in total. The molecule has 0 aliphatic carbocycles. The normalized spacial score (nSPS) is 10.5. The third kappa shape index (κ3) is 2.43. The molecule has 0 aliphatic rings. The van der Waals surface area contributed by atoms with Crippen molar-refractivity contribution >= 4 is 16.3 Å². The third-order valence-corrected chi connectivity index (χ3v) is 3.47. The van der Waals surface area contributed by atoms with Gasteiger partial charge in [0.05, 0.1) is 0 Å². The van der Waals surface area contributed by atoms with E-state index in [0.29, 0.717) is 0 Å². The van der Waals surface area contributed by atoms with E-state index in [4.69, 9.17) is 0 Å². The molecule has 0 N–H and O–H groups in total. The lowest BCUT2D eigenvalue weighted by Crippen LogP contribution is -1.90. The molecule has 3 aromatic rings. The summed E-state index contributed by atoms with van der Waals surface area (Å²) in [7, 11) is 0. The monoisotopic (exact) mass is 244 g/mol.